The molecule has 3 unspecified atom stereocenters. The summed E-state index contributed by atoms with van der Waals surface area (Å²) in [5, 5.41) is 3.94. The van der Waals surface area contributed by atoms with Gasteiger partial charge in [0, 0.05) is 17.8 Å². The minimum absolute atomic E-state index is 0.643. The summed E-state index contributed by atoms with van der Waals surface area (Å²) in [6.45, 7) is 2.34. The Morgan fingerprint density at radius 2 is 1.74 bits per heavy atom. The molecule has 1 aromatic rings. The number of benzene rings is 1. The molecule has 2 bridgehead atoms. The van der Waals surface area contributed by atoms with Crippen molar-refractivity contribution in [3.05, 3.63) is 35.4 Å². The van der Waals surface area contributed by atoms with Crippen molar-refractivity contribution in [2.75, 3.05) is 12.0 Å². The first-order chi connectivity index (χ1) is 9.28. The molecule has 0 aromatic heterocycles. The maximum atomic E-state index is 3.94. The third-order valence-corrected chi connectivity index (χ3v) is 5.73. The number of nitrogens with one attached hydrogen (secondary N) is 1. The van der Waals surface area contributed by atoms with E-state index in [0.717, 1.165) is 17.9 Å². The lowest BCUT2D eigenvalue weighted by atomic mass is 9.94. The standard InChI is InChI=1S/C17H25NS/c1-12(11-19-2)18-17-15-7-8-16(17)10-14-6-4-3-5-13(14)9-15/h3-6,12,15-18H,7-11H2,1-2H3. The van der Waals surface area contributed by atoms with E-state index in [1.807, 2.05) is 11.8 Å². The predicted octanol–water partition coefficient (Wildman–Crippen LogP) is 3.52. The van der Waals surface area contributed by atoms with Crippen molar-refractivity contribution in [1.82, 2.24) is 5.32 Å². The van der Waals surface area contributed by atoms with Gasteiger partial charge in [-0.2, -0.15) is 11.8 Å². The lowest BCUT2D eigenvalue weighted by molar-refractivity contribution is 0.322. The second-order valence-electron chi connectivity index (χ2n) is 6.32. The van der Waals surface area contributed by atoms with Crippen LogP contribution in [0.1, 0.15) is 30.9 Å². The Labute approximate surface area is 121 Å². The van der Waals surface area contributed by atoms with E-state index in [9.17, 15) is 0 Å². The molecule has 2 aliphatic carbocycles. The van der Waals surface area contributed by atoms with E-state index < -0.39 is 0 Å². The summed E-state index contributed by atoms with van der Waals surface area (Å²) in [5.41, 5.74) is 3.22. The van der Waals surface area contributed by atoms with Crippen molar-refractivity contribution < 1.29 is 0 Å². The molecule has 3 atom stereocenters. The van der Waals surface area contributed by atoms with Gasteiger partial charge in [-0.1, -0.05) is 24.3 Å². The minimum atomic E-state index is 0.643. The molecule has 1 fully saturated rings. The van der Waals surface area contributed by atoms with Crippen LogP contribution in [0.5, 0.6) is 0 Å². The van der Waals surface area contributed by atoms with Crippen molar-refractivity contribution in [3.63, 3.8) is 0 Å². The molecule has 1 N–H and O–H groups in total. The lowest BCUT2D eigenvalue weighted by Gasteiger charge is -2.27. The summed E-state index contributed by atoms with van der Waals surface area (Å²) in [6, 6.07) is 10.5. The van der Waals surface area contributed by atoms with Crippen molar-refractivity contribution in [2.24, 2.45) is 11.8 Å². The van der Waals surface area contributed by atoms with Gasteiger partial charge in [-0.15, -0.1) is 0 Å². The summed E-state index contributed by atoms with van der Waals surface area (Å²) in [7, 11) is 0. The second kappa shape index (κ2) is 5.88. The van der Waals surface area contributed by atoms with Gasteiger partial charge < -0.3 is 5.32 Å². The smallest absolute Gasteiger partial charge is 0.0133 e. The van der Waals surface area contributed by atoms with Crippen LogP contribution in [0.4, 0.5) is 0 Å². The van der Waals surface area contributed by atoms with Crippen LogP contribution in [0, 0.1) is 11.8 Å². The number of fused-ring (bicyclic) bond motifs is 3. The van der Waals surface area contributed by atoms with Crippen molar-refractivity contribution in [1.29, 1.82) is 0 Å². The summed E-state index contributed by atoms with van der Waals surface area (Å²) >= 11 is 1.95. The van der Waals surface area contributed by atoms with Gasteiger partial charge in [-0.3, -0.25) is 0 Å². The van der Waals surface area contributed by atoms with E-state index in [1.54, 1.807) is 11.1 Å². The fourth-order valence-corrected chi connectivity index (χ4v) is 4.65. The molecule has 104 valence electrons. The van der Waals surface area contributed by atoms with Crippen LogP contribution in [0.15, 0.2) is 24.3 Å². The van der Waals surface area contributed by atoms with Gasteiger partial charge >= 0.3 is 0 Å². The average Bonchev–Trinajstić information content (AvgIpc) is 2.66. The van der Waals surface area contributed by atoms with Crippen molar-refractivity contribution in [2.45, 2.75) is 44.7 Å². The molecular weight excluding hydrogens is 250 g/mol. The fraction of sp³-hybridized carbons (Fsp3) is 0.647. The Morgan fingerprint density at radius 1 is 1.16 bits per heavy atom. The van der Waals surface area contributed by atoms with Gasteiger partial charge in [0.05, 0.1) is 0 Å². The predicted molar refractivity (Wildman–Crippen MR) is 84.8 cm³/mol. The Hall–Kier alpha value is -0.470. The van der Waals surface area contributed by atoms with Gasteiger partial charge in [0.15, 0.2) is 0 Å². The quantitative estimate of drug-likeness (QED) is 0.902. The van der Waals surface area contributed by atoms with Gasteiger partial charge in [0.25, 0.3) is 0 Å². The van der Waals surface area contributed by atoms with Gasteiger partial charge in [0.1, 0.15) is 0 Å². The van der Waals surface area contributed by atoms with E-state index in [4.69, 9.17) is 0 Å². The molecule has 0 heterocycles. The van der Waals surface area contributed by atoms with Crippen LogP contribution in [-0.2, 0) is 12.8 Å². The summed E-state index contributed by atoms with van der Waals surface area (Å²) < 4.78 is 0. The number of hydrogen-bond acceptors (Lipinski definition) is 2. The zero-order valence-corrected chi connectivity index (χ0v) is 12.9. The number of thioether (sulfide) groups is 1. The van der Waals surface area contributed by atoms with Crippen molar-refractivity contribution >= 4 is 11.8 Å². The Bertz CT molecular complexity index is 398. The Balaban J connectivity index is 1.76. The number of rotatable bonds is 4. The topological polar surface area (TPSA) is 12.0 Å². The molecule has 0 aliphatic heterocycles. The zero-order chi connectivity index (χ0) is 13.2. The molecule has 1 saturated carbocycles. The molecule has 2 heteroatoms. The molecule has 0 spiro atoms. The molecule has 0 radical (unpaired) electrons. The van der Waals surface area contributed by atoms with E-state index in [0.29, 0.717) is 6.04 Å². The second-order valence-corrected chi connectivity index (χ2v) is 7.23. The SMILES string of the molecule is CSCC(C)NC1C2CCC1Cc1ccccc1C2. The summed E-state index contributed by atoms with van der Waals surface area (Å²) in [4.78, 5) is 0. The van der Waals surface area contributed by atoms with Gasteiger partial charge in [0.2, 0.25) is 0 Å². The molecular formula is C17H25NS. The van der Waals surface area contributed by atoms with E-state index in [-0.39, 0.29) is 0 Å². The highest BCUT2D eigenvalue weighted by atomic mass is 32.2. The van der Waals surface area contributed by atoms with Crippen LogP contribution in [0.25, 0.3) is 0 Å². The Kier molecular flexibility index (Phi) is 4.18. The fourth-order valence-electron chi connectivity index (χ4n) is 4.05. The third kappa shape index (κ3) is 2.85. The van der Waals surface area contributed by atoms with Crippen LogP contribution < -0.4 is 5.32 Å². The Morgan fingerprint density at radius 3 is 2.26 bits per heavy atom. The monoisotopic (exact) mass is 275 g/mol. The normalized spacial score (nSPS) is 30.7. The molecule has 3 rings (SSSR count). The van der Waals surface area contributed by atoms with E-state index in [1.165, 1.54) is 31.4 Å². The molecule has 0 saturated heterocycles. The highest BCUT2D eigenvalue weighted by Crippen LogP contribution is 2.40. The van der Waals surface area contributed by atoms with E-state index >= 15 is 0 Å². The first kappa shape index (κ1) is 13.5. The van der Waals surface area contributed by atoms with E-state index in [2.05, 4.69) is 42.8 Å². The van der Waals surface area contributed by atoms with Crippen LogP contribution in [0.2, 0.25) is 0 Å². The molecule has 2 aliphatic rings. The van der Waals surface area contributed by atoms with Crippen LogP contribution in [0.3, 0.4) is 0 Å². The zero-order valence-electron chi connectivity index (χ0n) is 12.1. The maximum Gasteiger partial charge on any atom is 0.0133 e. The third-order valence-electron chi connectivity index (χ3n) is 4.90. The number of hydrogen-bond donors (Lipinski definition) is 1. The van der Waals surface area contributed by atoms with Gasteiger partial charge in [-0.05, 0) is 61.8 Å². The molecule has 19 heavy (non-hydrogen) atoms. The van der Waals surface area contributed by atoms with Crippen LogP contribution in [-0.4, -0.2) is 24.1 Å². The first-order valence-corrected chi connectivity index (χ1v) is 8.99. The highest BCUT2D eigenvalue weighted by Gasteiger charge is 2.39. The first-order valence-electron chi connectivity index (χ1n) is 7.59. The maximum absolute atomic E-state index is 3.94. The summed E-state index contributed by atoms with van der Waals surface area (Å²) in [5.74, 6) is 2.94. The highest BCUT2D eigenvalue weighted by molar-refractivity contribution is 7.98. The molecule has 1 aromatic carbocycles. The molecule has 0 amide bonds. The van der Waals surface area contributed by atoms with Crippen molar-refractivity contribution in [3.8, 4) is 0 Å². The largest absolute Gasteiger partial charge is 0.310 e. The lowest BCUT2D eigenvalue weighted by Crippen LogP contribution is -2.44. The van der Waals surface area contributed by atoms with Gasteiger partial charge in [-0.25, -0.2) is 0 Å². The van der Waals surface area contributed by atoms with Crippen LogP contribution >= 0.6 is 11.8 Å². The average molecular weight is 275 g/mol. The summed E-state index contributed by atoms with van der Waals surface area (Å²) in [6.07, 6.45) is 7.62. The molecule has 1 nitrogen and oxygen atoms in total. The minimum Gasteiger partial charge on any atom is -0.310 e.